The van der Waals surface area contributed by atoms with E-state index < -0.39 is 0 Å². The second kappa shape index (κ2) is 4.17. The fourth-order valence-corrected chi connectivity index (χ4v) is 3.06. The molecule has 17 heavy (non-hydrogen) atoms. The van der Waals surface area contributed by atoms with E-state index in [2.05, 4.69) is 5.32 Å². The molecule has 0 radical (unpaired) electrons. The third kappa shape index (κ3) is 1.96. The molecule has 0 atom stereocenters. The highest BCUT2D eigenvalue weighted by Crippen LogP contribution is 2.45. The number of fused-ring (bicyclic) bond motifs is 2. The Labute approximate surface area is 109 Å². The number of anilines is 2. The van der Waals surface area contributed by atoms with Crippen molar-refractivity contribution in [3.63, 3.8) is 0 Å². The molecule has 0 bridgehead atoms. The average molecular weight is 264 g/mol. The first-order valence-corrected chi connectivity index (χ1v) is 6.38. The number of ether oxygens (including phenoxy) is 1. The fourth-order valence-electron chi connectivity index (χ4n) is 1.76. The van der Waals surface area contributed by atoms with Crippen LogP contribution in [0.4, 0.5) is 11.4 Å². The van der Waals surface area contributed by atoms with E-state index in [0.717, 1.165) is 31.9 Å². The van der Waals surface area contributed by atoms with Crippen molar-refractivity contribution in [2.45, 2.75) is 9.79 Å². The summed E-state index contributed by atoms with van der Waals surface area (Å²) in [5, 5.41) is 4.14. The number of hydrogen-bond acceptors (Lipinski definition) is 3. The van der Waals surface area contributed by atoms with Crippen LogP contribution < -0.4 is 10.1 Å². The number of hydrogen-bond donors (Lipinski definition) is 1. The summed E-state index contributed by atoms with van der Waals surface area (Å²) in [5.41, 5.74) is 2.20. The van der Waals surface area contributed by atoms with Gasteiger partial charge in [0.15, 0.2) is 0 Å². The summed E-state index contributed by atoms with van der Waals surface area (Å²) in [5.74, 6) is 0.864. The van der Waals surface area contributed by atoms with E-state index in [9.17, 15) is 0 Å². The van der Waals surface area contributed by atoms with Crippen LogP contribution in [0.5, 0.6) is 5.75 Å². The summed E-state index contributed by atoms with van der Waals surface area (Å²) in [4.78, 5) is 2.29. The first-order valence-electron chi connectivity index (χ1n) is 5.19. The van der Waals surface area contributed by atoms with E-state index in [-0.39, 0.29) is 0 Å². The van der Waals surface area contributed by atoms with Crippen LogP contribution in [0, 0.1) is 0 Å². The van der Waals surface area contributed by atoms with Crippen LogP contribution in [0.15, 0.2) is 46.2 Å². The monoisotopic (exact) mass is 263 g/mol. The molecule has 0 amide bonds. The standard InChI is InChI=1S/C13H10ClNOS/c1-16-9-3-5-11-13(7-9)17-12-6-8(14)2-4-10(12)15-11/h2-7,15H,1H3. The Morgan fingerprint density at radius 1 is 1.06 bits per heavy atom. The zero-order valence-electron chi connectivity index (χ0n) is 9.16. The van der Waals surface area contributed by atoms with Gasteiger partial charge in [-0.15, -0.1) is 0 Å². The Kier molecular flexibility index (Phi) is 2.65. The van der Waals surface area contributed by atoms with Gasteiger partial charge in [0.2, 0.25) is 0 Å². The van der Waals surface area contributed by atoms with Gasteiger partial charge in [-0.1, -0.05) is 23.4 Å². The van der Waals surface area contributed by atoms with Crippen molar-refractivity contribution >= 4 is 34.7 Å². The number of rotatable bonds is 1. The van der Waals surface area contributed by atoms with Crippen LogP contribution in [0.3, 0.4) is 0 Å². The molecule has 4 heteroatoms. The van der Waals surface area contributed by atoms with Crippen LogP contribution in [-0.2, 0) is 0 Å². The zero-order chi connectivity index (χ0) is 11.8. The highest BCUT2D eigenvalue weighted by atomic mass is 35.5. The molecular formula is C13H10ClNOS. The van der Waals surface area contributed by atoms with E-state index in [1.165, 1.54) is 0 Å². The van der Waals surface area contributed by atoms with Gasteiger partial charge >= 0.3 is 0 Å². The second-order valence-corrected chi connectivity index (χ2v) is 5.25. The van der Waals surface area contributed by atoms with Gasteiger partial charge in [-0.05, 0) is 36.4 Å². The Morgan fingerprint density at radius 2 is 1.76 bits per heavy atom. The fraction of sp³-hybridized carbons (Fsp3) is 0.0769. The zero-order valence-corrected chi connectivity index (χ0v) is 10.7. The van der Waals surface area contributed by atoms with Crippen molar-refractivity contribution in [3.05, 3.63) is 41.4 Å². The average Bonchev–Trinajstić information content (AvgIpc) is 2.35. The Morgan fingerprint density at radius 3 is 2.53 bits per heavy atom. The lowest BCUT2D eigenvalue weighted by Gasteiger charge is -2.21. The summed E-state index contributed by atoms with van der Waals surface area (Å²) in [6, 6.07) is 11.9. The van der Waals surface area contributed by atoms with Crippen LogP contribution in [0.1, 0.15) is 0 Å². The molecule has 2 aromatic carbocycles. The van der Waals surface area contributed by atoms with Crippen LogP contribution >= 0.6 is 23.4 Å². The topological polar surface area (TPSA) is 21.3 Å². The molecule has 0 aromatic heterocycles. The summed E-state index contributed by atoms with van der Waals surface area (Å²) in [6.07, 6.45) is 0. The summed E-state index contributed by atoms with van der Waals surface area (Å²) < 4.78 is 5.22. The quantitative estimate of drug-likeness (QED) is 0.696. The molecule has 0 fully saturated rings. The van der Waals surface area contributed by atoms with Crippen molar-refractivity contribution in [2.75, 3.05) is 12.4 Å². The van der Waals surface area contributed by atoms with Crippen molar-refractivity contribution in [1.29, 1.82) is 0 Å². The predicted molar refractivity (Wildman–Crippen MR) is 71.9 cm³/mol. The van der Waals surface area contributed by atoms with Gasteiger partial charge < -0.3 is 10.1 Å². The van der Waals surface area contributed by atoms with Crippen LogP contribution in [0.25, 0.3) is 0 Å². The van der Waals surface area contributed by atoms with Gasteiger partial charge in [0.05, 0.1) is 18.5 Å². The normalized spacial score (nSPS) is 12.4. The molecule has 3 rings (SSSR count). The molecule has 1 N–H and O–H groups in total. The molecule has 2 aromatic rings. The van der Waals surface area contributed by atoms with E-state index in [1.54, 1.807) is 18.9 Å². The van der Waals surface area contributed by atoms with Gasteiger partial charge in [-0.2, -0.15) is 0 Å². The van der Waals surface area contributed by atoms with E-state index >= 15 is 0 Å². The molecule has 0 saturated heterocycles. The second-order valence-electron chi connectivity index (χ2n) is 3.73. The van der Waals surface area contributed by atoms with Crippen molar-refractivity contribution in [1.82, 2.24) is 0 Å². The maximum absolute atomic E-state index is 6.00. The Bertz CT molecular complexity index is 586. The minimum absolute atomic E-state index is 0.754. The number of halogens is 1. The molecule has 0 spiro atoms. The van der Waals surface area contributed by atoms with E-state index in [4.69, 9.17) is 16.3 Å². The molecule has 0 unspecified atom stereocenters. The third-order valence-electron chi connectivity index (χ3n) is 2.62. The molecule has 0 saturated carbocycles. The Balaban J connectivity index is 2.05. The minimum Gasteiger partial charge on any atom is -0.497 e. The molecule has 1 aliphatic rings. The van der Waals surface area contributed by atoms with Crippen LogP contribution in [0.2, 0.25) is 5.02 Å². The number of nitrogens with one attached hydrogen (secondary N) is 1. The predicted octanol–water partition coefficient (Wildman–Crippen LogP) is 4.56. The number of benzene rings is 2. The van der Waals surface area contributed by atoms with Gasteiger partial charge in [-0.3, -0.25) is 0 Å². The molecule has 1 heterocycles. The van der Waals surface area contributed by atoms with Crippen molar-refractivity contribution < 1.29 is 4.74 Å². The smallest absolute Gasteiger partial charge is 0.120 e. The van der Waals surface area contributed by atoms with Gasteiger partial charge in [-0.25, -0.2) is 0 Å². The maximum atomic E-state index is 6.00. The van der Waals surface area contributed by atoms with Gasteiger partial charge in [0, 0.05) is 14.8 Å². The lowest BCUT2D eigenvalue weighted by molar-refractivity contribution is 0.414. The molecule has 1 aliphatic heterocycles. The molecular weight excluding hydrogens is 254 g/mol. The lowest BCUT2D eigenvalue weighted by Crippen LogP contribution is -1.99. The molecule has 86 valence electrons. The summed E-state index contributed by atoms with van der Waals surface area (Å²) in [7, 11) is 1.67. The van der Waals surface area contributed by atoms with E-state index in [1.807, 2.05) is 36.4 Å². The summed E-state index contributed by atoms with van der Waals surface area (Å²) >= 11 is 7.70. The van der Waals surface area contributed by atoms with Gasteiger partial charge in [0.1, 0.15) is 5.75 Å². The largest absolute Gasteiger partial charge is 0.497 e. The lowest BCUT2D eigenvalue weighted by atomic mass is 10.2. The molecule has 2 nitrogen and oxygen atoms in total. The van der Waals surface area contributed by atoms with E-state index in [0.29, 0.717) is 0 Å². The van der Waals surface area contributed by atoms with Crippen molar-refractivity contribution in [3.8, 4) is 5.75 Å². The third-order valence-corrected chi connectivity index (χ3v) is 3.97. The minimum atomic E-state index is 0.754. The SMILES string of the molecule is COc1ccc2c(c1)Sc1cc(Cl)ccc1N2. The number of methoxy groups -OCH3 is 1. The van der Waals surface area contributed by atoms with Crippen molar-refractivity contribution in [2.24, 2.45) is 0 Å². The Hall–Kier alpha value is -1.32. The summed E-state index contributed by atoms with van der Waals surface area (Å²) in [6.45, 7) is 0. The van der Waals surface area contributed by atoms with Crippen LogP contribution in [-0.4, -0.2) is 7.11 Å². The first-order chi connectivity index (χ1) is 8.26. The van der Waals surface area contributed by atoms with Gasteiger partial charge in [0.25, 0.3) is 0 Å². The maximum Gasteiger partial charge on any atom is 0.120 e. The first kappa shape index (κ1) is 10.8. The highest BCUT2D eigenvalue weighted by Gasteiger charge is 2.16. The highest BCUT2D eigenvalue weighted by molar-refractivity contribution is 7.99. The molecule has 0 aliphatic carbocycles.